The monoisotopic (exact) mass is 241 g/mol. The second-order valence-corrected chi connectivity index (χ2v) is 3.43. The zero-order valence-corrected chi connectivity index (χ0v) is 10.3. The van der Waals surface area contributed by atoms with Crippen molar-refractivity contribution in [3.8, 4) is 11.5 Å². The number of halogens is 1. The molecular formula is C12H16ClNO2. The fourth-order valence-corrected chi connectivity index (χ4v) is 1.38. The lowest BCUT2D eigenvalue weighted by molar-refractivity contribution is 0.352. The Morgan fingerprint density at radius 3 is 2.88 bits per heavy atom. The Morgan fingerprint density at radius 2 is 2.25 bits per heavy atom. The SMILES string of the molecule is CNCc1ccc(OC)cc1OCC=CCl. The number of benzene rings is 1. The lowest BCUT2D eigenvalue weighted by atomic mass is 10.2. The van der Waals surface area contributed by atoms with Gasteiger partial charge in [-0.1, -0.05) is 17.7 Å². The van der Waals surface area contributed by atoms with Crippen LogP contribution >= 0.6 is 11.6 Å². The van der Waals surface area contributed by atoms with Gasteiger partial charge in [0.05, 0.1) is 7.11 Å². The van der Waals surface area contributed by atoms with Gasteiger partial charge in [-0.3, -0.25) is 0 Å². The third-order valence-electron chi connectivity index (χ3n) is 2.07. The Morgan fingerprint density at radius 1 is 1.44 bits per heavy atom. The minimum Gasteiger partial charge on any atom is -0.497 e. The molecule has 0 aliphatic carbocycles. The van der Waals surface area contributed by atoms with Gasteiger partial charge < -0.3 is 14.8 Å². The Balaban J connectivity index is 2.81. The molecule has 1 aromatic carbocycles. The van der Waals surface area contributed by atoms with E-state index >= 15 is 0 Å². The number of methoxy groups -OCH3 is 1. The van der Waals surface area contributed by atoms with E-state index in [4.69, 9.17) is 21.1 Å². The smallest absolute Gasteiger partial charge is 0.127 e. The molecular weight excluding hydrogens is 226 g/mol. The molecule has 0 saturated carbocycles. The van der Waals surface area contributed by atoms with Crippen molar-refractivity contribution in [2.75, 3.05) is 20.8 Å². The van der Waals surface area contributed by atoms with Gasteiger partial charge in [0.15, 0.2) is 0 Å². The molecule has 3 nitrogen and oxygen atoms in total. The summed E-state index contributed by atoms with van der Waals surface area (Å²) in [7, 11) is 3.53. The quantitative estimate of drug-likeness (QED) is 0.830. The number of rotatable bonds is 6. The van der Waals surface area contributed by atoms with E-state index in [1.165, 1.54) is 5.54 Å². The average Bonchev–Trinajstić information content (AvgIpc) is 2.31. The summed E-state index contributed by atoms with van der Waals surface area (Å²) < 4.78 is 10.7. The van der Waals surface area contributed by atoms with Crippen LogP contribution in [0.3, 0.4) is 0 Å². The van der Waals surface area contributed by atoms with Crippen LogP contribution in [-0.4, -0.2) is 20.8 Å². The highest BCUT2D eigenvalue weighted by Gasteiger charge is 2.04. The first-order valence-corrected chi connectivity index (χ1v) is 5.45. The van der Waals surface area contributed by atoms with Crippen LogP contribution in [0.1, 0.15) is 5.56 Å². The molecule has 0 aliphatic rings. The Hall–Kier alpha value is -1.19. The Labute approximate surface area is 101 Å². The van der Waals surface area contributed by atoms with E-state index in [0.29, 0.717) is 6.61 Å². The number of hydrogen-bond donors (Lipinski definition) is 1. The molecule has 16 heavy (non-hydrogen) atoms. The maximum absolute atomic E-state index is 5.58. The van der Waals surface area contributed by atoms with E-state index in [1.807, 2.05) is 25.2 Å². The highest BCUT2D eigenvalue weighted by molar-refractivity contribution is 6.25. The summed E-state index contributed by atoms with van der Waals surface area (Å²) in [5, 5.41) is 3.09. The minimum atomic E-state index is 0.452. The van der Waals surface area contributed by atoms with Crippen LogP contribution in [0.2, 0.25) is 0 Å². The standard InChI is InChI=1S/C12H16ClNO2/c1-14-9-10-4-5-11(15-2)8-12(10)16-7-3-6-13/h3-6,8,14H,7,9H2,1-2H3. The van der Waals surface area contributed by atoms with E-state index in [-0.39, 0.29) is 0 Å². The van der Waals surface area contributed by atoms with Gasteiger partial charge in [0.2, 0.25) is 0 Å². The first kappa shape index (κ1) is 12.9. The lowest BCUT2D eigenvalue weighted by Gasteiger charge is -2.11. The van der Waals surface area contributed by atoms with Crippen LogP contribution < -0.4 is 14.8 Å². The molecule has 88 valence electrons. The highest BCUT2D eigenvalue weighted by atomic mass is 35.5. The van der Waals surface area contributed by atoms with Crippen molar-refractivity contribution in [1.29, 1.82) is 0 Å². The molecule has 0 amide bonds. The van der Waals surface area contributed by atoms with Gasteiger partial charge in [-0.15, -0.1) is 0 Å². The van der Waals surface area contributed by atoms with Crippen molar-refractivity contribution in [3.63, 3.8) is 0 Å². The molecule has 1 N–H and O–H groups in total. The van der Waals surface area contributed by atoms with Crippen LogP contribution in [0.15, 0.2) is 29.8 Å². The highest BCUT2D eigenvalue weighted by Crippen LogP contribution is 2.24. The molecule has 0 unspecified atom stereocenters. The second kappa shape index (κ2) is 7.14. The zero-order chi connectivity index (χ0) is 11.8. The number of ether oxygens (including phenoxy) is 2. The summed E-state index contributed by atoms with van der Waals surface area (Å²) in [5.74, 6) is 1.59. The third-order valence-corrected chi connectivity index (χ3v) is 2.24. The number of hydrogen-bond acceptors (Lipinski definition) is 3. The first-order chi connectivity index (χ1) is 7.81. The van der Waals surface area contributed by atoms with Crippen molar-refractivity contribution in [1.82, 2.24) is 5.32 Å². The van der Waals surface area contributed by atoms with Crippen molar-refractivity contribution < 1.29 is 9.47 Å². The predicted molar refractivity (Wildman–Crippen MR) is 66.2 cm³/mol. The lowest BCUT2D eigenvalue weighted by Crippen LogP contribution is -2.07. The van der Waals surface area contributed by atoms with Crippen molar-refractivity contribution in [3.05, 3.63) is 35.4 Å². The molecule has 0 spiro atoms. The van der Waals surface area contributed by atoms with Gasteiger partial charge in [0, 0.05) is 23.7 Å². The van der Waals surface area contributed by atoms with E-state index < -0.39 is 0 Å². The summed E-state index contributed by atoms with van der Waals surface area (Å²) in [5.41, 5.74) is 2.53. The van der Waals surface area contributed by atoms with Gasteiger partial charge in [-0.05, 0) is 19.2 Å². The topological polar surface area (TPSA) is 30.5 Å². The van der Waals surface area contributed by atoms with Gasteiger partial charge in [-0.25, -0.2) is 0 Å². The van der Waals surface area contributed by atoms with E-state index in [1.54, 1.807) is 13.2 Å². The molecule has 1 rings (SSSR count). The Kier molecular flexibility index (Phi) is 5.75. The van der Waals surface area contributed by atoms with Gasteiger partial charge in [-0.2, -0.15) is 0 Å². The van der Waals surface area contributed by atoms with Gasteiger partial charge in [0.1, 0.15) is 18.1 Å². The Bertz CT molecular complexity index is 353. The molecule has 4 heteroatoms. The predicted octanol–water partition coefficient (Wildman–Crippen LogP) is 2.55. The maximum atomic E-state index is 5.58. The van der Waals surface area contributed by atoms with E-state index in [2.05, 4.69) is 5.32 Å². The molecule has 0 atom stereocenters. The van der Waals surface area contributed by atoms with Crippen LogP contribution in [0.4, 0.5) is 0 Å². The second-order valence-electron chi connectivity index (χ2n) is 3.18. The third kappa shape index (κ3) is 3.76. The first-order valence-electron chi connectivity index (χ1n) is 5.01. The molecule has 0 radical (unpaired) electrons. The van der Waals surface area contributed by atoms with Crippen molar-refractivity contribution in [2.45, 2.75) is 6.54 Å². The molecule has 0 fully saturated rings. The summed E-state index contributed by atoms with van der Waals surface area (Å²) in [4.78, 5) is 0. The van der Waals surface area contributed by atoms with E-state index in [0.717, 1.165) is 23.6 Å². The van der Waals surface area contributed by atoms with Crippen LogP contribution in [0.5, 0.6) is 11.5 Å². The molecule has 1 aromatic rings. The molecule has 0 bridgehead atoms. The largest absolute Gasteiger partial charge is 0.497 e. The zero-order valence-electron chi connectivity index (χ0n) is 9.50. The molecule has 0 heterocycles. The van der Waals surface area contributed by atoms with Crippen LogP contribution in [0, 0.1) is 0 Å². The fourth-order valence-electron chi connectivity index (χ4n) is 1.31. The van der Waals surface area contributed by atoms with Crippen LogP contribution in [0.25, 0.3) is 0 Å². The fraction of sp³-hybridized carbons (Fsp3) is 0.333. The normalized spacial score (nSPS) is 10.7. The van der Waals surface area contributed by atoms with Gasteiger partial charge >= 0.3 is 0 Å². The van der Waals surface area contributed by atoms with Crippen molar-refractivity contribution >= 4 is 11.6 Å². The van der Waals surface area contributed by atoms with Crippen molar-refractivity contribution in [2.24, 2.45) is 0 Å². The van der Waals surface area contributed by atoms with Gasteiger partial charge in [0.25, 0.3) is 0 Å². The van der Waals surface area contributed by atoms with E-state index in [9.17, 15) is 0 Å². The minimum absolute atomic E-state index is 0.452. The number of nitrogens with one attached hydrogen (secondary N) is 1. The molecule has 0 aliphatic heterocycles. The molecule has 0 saturated heterocycles. The summed E-state index contributed by atoms with van der Waals surface area (Å²) in [6.45, 7) is 1.21. The summed E-state index contributed by atoms with van der Waals surface area (Å²) in [6, 6.07) is 5.76. The maximum Gasteiger partial charge on any atom is 0.127 e. The molecule has 0 aromatic heterocycles. The summed E-state index contributed by atoms with van der Waals surface area (Å²) >= 11 is 5.43. The summed E-state index contributed by atoms with van der Waals surface area (Å²) in [6.07, 6.45) is 1.74. The van der Waals surface area contributed by atoms with Crippen LogP contribution in [-0.2, 0) is 6.54 Å². The average molecular weight is 242 g/mol.